The number of carbonyl (C=O) groups excluding carboxylic acids is 2. The molecule has 0 bridgehead atoms. The summed E-state index contributed by atoms with van der Waals surface area (Å²) in [6.45, 7) is 5.19. The third-order valence-corrected chi connectivity index (χ3v) is 4.43. The van der Waals surface area contributed by atoms with Gasteiger partial charge < -0.3 is 9.64 Å². The lowest BCUT2D eigenvalue weighted by atomic mass is 10.1. The molecule has 132 valence electrons. The minimum atomic E-state index is -0.465. The topological polar surface area (TPSA) is 64.4 Å². The summed E-state index contributed by atoms with van der Waals surface area (Å²) >= 11 is 0. The summed E-state index contributed by atoms with van der Waals surface area (Å²) in [6, 6.07) is 5.86. The smallest absolute Gasteiger partial charge is 0.341 e. The SMILES string of the molecule is CCN1CC(COC(=O)c2cnn(-c3ccc(F)cc3)c2C)CC1=O. The lowest BCUT2D eigenvalue weighted by Crippen LogP contribution is -2.25. The standard InChI is InChI=1S/C18H20FN3O3/c1-3-21-10-13(8-17(21)23)11-25-18(24)16-9-20-22(12(16)2)15-6-4-14(19)5-7-15/h4-7,9,13H,3,8,10-11H2,1-2H3. The first-order chi connectivity index (χ1) is 12.0. The van der Waals surface area contributed by atoms with Gasteiger partial charge in [-0.1, -0.05) is 0 Å². The largest absolute Gasteiger partial charge is 0.462 e. The maximum absolute atomic E-state index is 13.0. The molecule has 1 atom stereocenters. The van der Waals surface area contributed by atoms with Crippen molar-refractivity contribution in [2.75, 3.05) is 19.7 Å². The minimum Gasteiger partial charge on any atom is -0.462 e. The van der Waals surface area contributed by atoms with Crippen molar-refractivity contribution in [2.24, 2.45) is 5.92 Å². The highest BCUT2D eigenvalue weighted by Gasteiger charge is 2.29. The van der Waals surface area contributed by atoms with E-state index in [4.69, 9.17) is 4.74 Å². The Kier molecular flexibility index (Phi) is 4.83. The Morgan fingerprint density at radius 1 is 1.36 bits per heavy atom. The quantitative estimate of drug-likeness (QED) is 0.781. The monoisotopic (exact) mass is 345 g/mol. The summed E-state index contributed by atoms with van der Waals surface area (Å²) < 4.78 is 20.0. The normalized spacial score (nSPS) is 17.2. The zero-order chi connectivity index (χ0) is 18.0. The van der Waals surface area contributed by atoms with Crippen molar-refractivity contribution in [3.8, 4) is 5.69 Å². The van der Waals surface area contributed by atoms with Crippen LogP contribution in [0.2, 0.25) is 0 Å². The first-order valence-electron chi connectivity index (χ1n) is 8.25. The maximum Gasteiger partial charge on any atom is 0.341 e. The molecule has 1 aromatic heterocycles. The number of carbonyl (C=O) groups is 2. The molecule has 2 aromatic rings. The van der Waals surface area contributed by atoms with Crippen LogP contribution < -0.4 is 0 Å². The number of likely N-dealkylation sites (tertiary alicyclic amines) is 1. The zero-order valence-electron chi connectivity index (χ0n) is 14.2. The van der Waals surface area contributed by atoms with Crippen LogP contribution in [-0.4, -0.2) is 46.3 Å². The Labute approximate surface area is 145 Å². The Balaban J connectivity index is 1.65. The van der Waals surface area contributed by atoms with Crippen LogP contribution in [0.15, 0.2) is 30.5 Å². The molecule has 0 spiro atoms. The number of hydrogen-bond donors (Lipinski definition) is 0. The highest BCUT2D eigenvalue weighted by molar-refractivity contribution is 5.90. The van der Waals surface area contributed by atoms with Crippen LogP contribution in [0.5, 0.6) is 0 Å². The number of esters is 1. The Bertz CT molecular complexity index is 785. The molecule has 0 aliphatic carbocycles. The van der Waals surface area contributed by atoms with Crippen molar-refractivity contribution in [2.45, 2.75) is 20.3 Å². The van der Waals surface area contributed by atoms with E-state index in [1.807, 2.05) is 6.92 Å². The fourth-order valence-electron chi connectivity index (χ4n) is 3.00. The Morgan fingerprint density at radius 2 is 2.08 bits per heavy atom. The highest BCUT2D eigenvalue weighted by atomic mass is 19.1. The molecule has 1 unspecified atom stereocenters. The molecule has 6 nitrogen and oxygen atoms in total. The minimum absolute atomic E-state index is 0.0313. The average Bonchev–Trinajstić information content (AvgIpc) is 3.16. The number of benzene rings is 1. The fraction of sp³-hybridized carbons (Fsp3) is 0.389. The van der Waals surface area contributed by atoms with Gasteiger partial charge in [0, 0.05) is 25.4 Å². The van der Waals surface area contributed by atoms with Crippen molar-refractivity contribution in [3.05, 3.63) is 47.5 Å². The fourth-order valence-corrected chi connectivity index (χ4v) is 3.00. The summed E-state index contributed by atoms with van der Waals surface area (Å²) in [7, 11) is 0. The molecule has 1 fully saturated rings. The second kappa shape index (κ2) is 7.04. The summed E-state index contributed by atoms with van der Waals surface area (Å²) in [6.07, 6.45) is 1.86. The molecule has 1 aliphatic heterocycles. The van der Waals surface area contributed by atoms with Gasteiger partial charge in [-0.15, -0.1) is 0 Å². The first kappa shape index (κ1) is 17.1. The number of aromatic nitrogens is 2. The predicted molar refractivity (Wildman–Crippen MR) is 88.9 cm³/mol. The molecule has 1 aromatic carbocycles. The van der Waals surface area contributed by atoms with Crippen LogP contribution in [-0.2, 0) is 9.53 Å². The van der Waals surface area contributed by atoms with Gasteiger partial charge in [-0.05, 0) is 38.1 Å². The van der Waals surface area contributed by atoms with Gasteiger partial charge >= 0.3 is 5.97 Å². The Hall–Kier alpha value is -2.70. The van der Waals surface area contributed by atoms with Crippen molar-refractivity contribution < 1.29 is 18.7 Å². The van der Waals surface area contributed by atoms with Crippen LogP contribution in [0.25, 0.3) is 5.69 Å². The lowest BCUT2D eigenvalue weighted by molar-refractivity contribution is -0.127. The van der Waals surface area contributed by atoms with E-state index in [-0.39, 0.29) is 24.2 Å². The molecule has 0 N–H and O–H groups in total. The van der Waals surface area contributed by atoms with E-state index in [2.05, 4.69) is 5.10 Å². The second-order valence-electron chi connectivity index (χ2n) is 6.13. The molecule has 25 heavy (non-hydrogen) atoms. The molecule has 3 rings (SSSR count). The van der Waals surface area contributed by atoms with Gasteiger partial charge in [0.1, 0.15) is 11.4 Å². The zero-order valence-corrected chi connectivity index (χ0v) is 14.2. The molecule has 1 amide bonds. The van der Waals surface area contributed by atoms with E-state index in [9.17, 15) is 14.0 Å². The van der Waals surface area contributed by atoms with Gasteiger partial charge in [0.2, 0.25) is 5.91 Å². The second-order valence-corrected chi connectivity index (χ2v) is 6.13. The highest BCUT2D eigenvalue weighted by Crippen LogP contribution is 2.19. The number of amides is 1. The number of rotatable bonds is 5. The molecule has 1 aliphatic rings. The molecular formula is C18H20FN3O3. The summed E-state index contributed by atoms with van der Waals surface area (Å²) in [5.74, 6) is -0.665. The Morgan fingerprint density at radius 3 is 2.72 bits per heavy atom. The van der Waals surface area contributed by atoms with Crippen molar-refractivity contribution >= 4 is 11.9 Å². The third-order valence-electron chi connectivity index (χ3n) is 4.43. The van der Waals surface area contributed by atoms with Gasteiger partial charge in [-0.25, -0.2) is 13.9 Å². The number of ether oxygens (including phenoxy) is 1. The average molecular weight is 345 g/mol. The molecule has 0 radical (unpaired) electrons. The predicted octanol–water partition coefficient (Wildman–Crippen LogP) is 2.35. The summed E-state index contributed by atoms with van der Waals surface area (Å²) in [5, 5.41) is 4.18. The lowest BCUT2D eigenvalue weighted by Gasteiger charge is -2.13. The van der Waals surface area contributed by atoms with Gasteiger partial charge in [-0.3, -0.25) is 4.79 Å². The van der Waals surface area contributed by atoms with Crippen LogP contribution in [0, 0.1) is 18.7 Å². The third kappa shape index (κ3) is 3.55. The first-order valence-corrected chi connectivity index (χ1v) is 8.25. The van der Waals surface area contributed by atoms with Crippen molar-refractivity contribution in [1.82, 2.24) is 14.7 Å². The molecule has 0 saturated carbocycles. The van der Waals surface area contributed by atoms with Crippen molar-refractivity contribution in [3.63, 3.8) is 0 Å². The van der Waals surface area contributed by atoms with Crippen LogP contribution >= 0.6 is 0 Å². The van der Waals surface area contributed by atoms with Gasteiger partial charge in [-0.2, -0.15) is 5.10 Å². The van der Waals surface area contributed by atoms with E-state index in [1.54, 1.807) is 28.6 Å². The molecular weight excluding hydrogens is 325 g/mol. The van der Waals surface area contributed by atoms with Gasteiger partial charge in [0.05, 0.1) is 24.2 Å². The van der Waals surface area contributed by atoms with Gasteiger partial charge in [0.25, 0.3) is 0 Å². The van der Waals surface area contributed by atoms with E-state index in [0.29, 0.717) is 36.5 Å². The van der Waals surface area contributed by atoms with Crippen LogP contribution in [0.3, 0.4) is 0 Å². The van der Waals surface area contributed by atoms with Crippen LogP contribution in [0.4, 0.5) is 4.39 Å². The number of nitrogens with zero attached hydrogens (tertiary/aromatic N) is 3. The molecule has 2 heterocycles. The van der Waals surface area contributed by atoms with Crippen molar-refractivity contribution in [1.29, 1.82) is 0 Å². The molecule has 1 saturated heterocycles. The van der Waals surface area contributed by atoms with Crippen LogP contribution in [0.1, 0.15) is 29.4 Å². The van der Waals surface area contributed by atoms with E-state index in [0.717, 1.165) is 0 Å². The van der Waals surface area contributed by atoms with Gasteiger partial charge in [0.15, 0.2) is 0 Å². The number of halogens is 1. The van der Waals surface area contributed by atoms with E-state index < -0.39 is 5.97 Å². The molecule has 7 heteroatoms. The van der Waals surface area contributed by atoms with E-state index in [1.165, 1.54) is 18.3 Å². The summed E-state index contributed by atoms with van der Waals surface area (Å²) in [4.78, 5) is 25.8. The maximum atomic E-state index is 13.0. The van der Waals surface area contributed by atoms with E-state index >= 15 is 0 Å². The number of hydrogen-bond acceptors (Lipinski definition) is 4. The summed E-state index contributed by atoms with van der Waals surface area (Å²) in [5.41, 5.74) is 1.65.